The zero-order valence-corrected chi connectivity index (χ0v) is 8.86. The number of hydrogen-bond acceptors (Lipinski definition) is 2. The van der Waals surface area contributed by atoms with Gasteiger partial charge in [0.05, 0.1) is 11.1 Å². The molecule has 0 spiro atoms. The molecule has 0 saturated heterocycles. The molecule has 1 aromatic heterocycles. The lowest BCUT2D eigenvalue weighted by molar-refractivity contribution is -0.571. The van der Waals surface area contributed by atoms with E-state index in [0.717, 1.165) is 4.47 Å². The number of rotatable bonds is 3. The van der Waals surface area contributed by atoms with Crippen molar-refractivity contribution in [1.82, 2.24) is 0 Å². The fourth-order valence-electron chi connectivity index (χ4n) is 0.856. The van der Waals surface area contributed by atoms with Crippen molar-refractivity contribution < 1.29 is 14.4 Å². The number of halogens is 1. The fourth-order valence-corrected chi connectivity index (χ4v) is 1.24. The molecule has 0 fully saturated rings. The normalized spacial score (nSPS) is 11.4. The Hall–Kier alpha value is -1.03. The van der Waals surface area contributed by atoms with Crippen molar-refractivity contribution in [3.63, 3.8) is 0 Å². The van der Waals surface area contributed by atoms with E-state index in [1.165, 1.54) is 6.20 Å². The summed E-state index contributed by atoms with van der Waals surface area (Å²) in [7, 11) is 0. The lowest BCUT2D eigenvalue weighted by Crippen LogP contribution is -2.25. The molecule has 3 nitrogen and oxygen atoms in total. The van der Waals surface area contributed by atoms with E-state index in [2.05, 4.69) is 15.9 Å². The Morgan fingerprint density at radius 1 is 1.77 bits per heavy atom. The third-order valence-electron chi connectivity index (χ3n) is 1.34. The maximum absolute atomic E-state index is 9.20. The first-order valence-electron chi connectivity index (χ1n) is 3.92. The van der Waals surface area contributed by atoms with E-state index in [-0.39, 0.29) is 5.95 Å². The van der Waals surface area contributed by atoms with Gasteiger partial charge in [0.2, 0.25) is 0 Å². The maximum atomic E-state index is 9.20. The molecular formula is C9H11BrNO2+. The predicted molar refractivity (Wildman–Crippen MR) is 52.9 cm³/mol. The Morgan fingerprint density at radius 3 is 3.15 bits per heavy atom. The van der Waals surface area contributed by atoms with Crippen molar-refractivity contribution in [2.45, 2.75) is 6.92 Å². The Balaban J connectivity index is 2.78. The first-order chi connectivity index (χ1) is 6.22. The van der Waals surface area contributed by atoms with Crippen LogP contribution >= 0.6 is 15.9 Å². The van der Waals surface area contributed by atoms with Gasteiger partial charge in [-0.05, 0) is 28.9 Å². The van der Waals surface area contributed by atoms with Gasteiger partial charge >= 0.3 is 5.95 Å². The molecular weight excluding hydrogens is 234 g/mol. The predicted octanol–water partition coefficient (Wildman–Crippen LogP) is 2.09. The number of nitrogens with zero attached hydrogens (tertiary/aromatic N) is 1. The van der Waals surface area contributed by atoms with Gasteiger partial charge in [0.25, 0.3) is 6.20 Å². The van der Waals surface area contributed by atoms with Gasteiger partial charge in [-0.15, -0.1) is 0 Å². The molecule has 0 unspecified atom stereocenters. The highest BCUT2D eigenvalue weighted by atomic mass is 79.9. The first kappa shape index (κ1) is 10.1. The number of ether oxygens (including phenoxy) is 1. The van der Waals surface area contributed by atoms with Gasteiger partial charge in [-0.25, -0.2) is 0 Å². The van der Waals surface area contributed by atoms with Crippen molar-refractivity contribution in [1.29, 1.82) is 0 Å². The monoisotopic (exact) mass is 244 g/mol. The van der Waals surface area contributed by atoms with Crippen LogP contribution in [0, 0.1) is 0 Å². The van der Waals surface area contributed by atoms with Gasteiger partial charge in [-0.3, -0.25) is 0 Å². The average molecular weight is 245 g/mol. The quantitative estimate of drug-likeness (QED) is 0.653. The summed E-state index contributed by atoms with van der Waals surface area (Å²) in [5.74, 6) is -0.0920. The van der Waals surface area contributed by atoms with E-state index in [1.807, 2.05) is 25.3 Å². The average Bonchev–Trinajstić information content (AvgIpc) is 2.04. The first-order valence-corrected chi connectivity index (χ1v) is 4.71. The Morgan fingerprint density at radius 2 is 2.54 bits per heavy atom. The molecule has 0 saturated carbocycles. The van der Waals surface area contributed by atoms with Crippen molar-refractivity contribution in [2.24, 2.45) is 0 Å². The molecule has 4 heteroatoms. The summed E-state index contributed by atoms with van der Waals surface area (Å²) in [6.07, 6.45) is 5.11. The zero-order valence-electron chi connectivity index (χ0n) is 7.27. The molecule has 1 aromatic rings. The third-order valence-corrected chi connectivity index (χ3v) is 1.81. The molecule has 0 aliphatic rings. The largest absolute Gasteiger partial charge is 0.477 e. The molecule has 0 atom stereocenters. The minimum atomic E-state index is -0.0920. The number of aromatic nitrogens is 1. The number of hydrogen-bond donors (Lipinski definition) is 1. The maximum Gasteiger partial charge on any atom is 0.344 e. The molecule has 0 aliphatic carbocycles. The minimum absolute atomic E-state index is 0.0920. The van der Waals surface area contributed by atoms with Crippen molar-refractivity contribution in [2.75, 3.05) is 6.61 Å². The molecule has 1 rings (SSSR count). The molecule has 1 N–H and O–H groups in total. The fraction of sp³-hybridized carbons (Fsp3) is 0.222. The van der Waals surface area contributed by atoms with Gasteiger partial charge in [-0.2, -0.15) is 4.57 Å². The second-order valence-electron chi connectivity index (χ2n) is 2.37. The van der Waals surface area contributed by atoms with Crippen LogP contribution in [0.3, 0.4) is 0 Å². The van der Waals surface area contributed by atoms with Crippen LogP contribution in [0.1, 0.15) is 6.92 Å². The van der Waals surface area contributed by atoms with E-state index in [1.54, 1.807) is 10.8 Å². The highest BCUT2D eigenvalue weighted by Crippen LogP contribution is 2.03. The van der Waals surface area contributed by atoms with E-state index in [0.29, 0.717) is 6.61 Å². The Labute approximate surface area is 85.4 Å². The van der Waals surface area contributed by atoms with E-state index in [4.69, 9.17) is 4.74 Å². The molecule has 1 heterocycles. The van der Waals surface area contributed by atoms with Crippen molar-refractivity contribution in [3.8, 4) is 0 Å². The van der Waals surface area contributed by atoms with Gasteiger partial charge in [0, 0.05) is 6.07 Å². The van der Waals surface area contributed by atoms with E-state index in [9.17, 15) is 5.11 Å². The summed E-state index contributed by atoms with van der Waals surface area (Å²) in [4.78, 5) is 0. The van der Waals surface area contributed by atoms with Crippen LogP contribution < -0.4 is 4.57 Å². The van der Waals surface area contributed by atoms with Crippen LogP contribution in [0.5, 0.6) is 0 Å². The molecule has 13 heavy (non-hydrogen) atoms. The van der Waals surface area contributed by atoms with Crippen molar-refractivity contribution in [3.05, 3.63) is 34.9 Å². The Bertz CT molecular complexity index is 312. The second-order valence-corrected chi connectivity index (χ2v) is 3.29. The summed E-state index contributed by atoms with van der Waals surface area (Å²) in [5, 5.41) is 9.20. The van der Waals surface area contributed by atoms with E-state index >= 15 is 0 Å². The van der Waals surface area contributed by atoms with Crippen LogP contribution in [-0.2, 0) is 4.74 Å². The van der Waals surface area contributed by atoms with E-state index < -0.39 is 0 Å². The van der Waals surface area contributed by atoms with Crippen LogP contribution in [0.4, 0.5) is 0 Å². The molecule has 70 valence electrons. The summed E-state index contributed by atoms with van der Waals surface area (Å²) >= 11 is 3.32. The van der Waals surface area contributed by atoms with Crippen molar-refractivity contribution >= 4 is 22.1 Å². The highest BCUT2D eigenvalue weighted by molar-refractivity contribution is 9.10. The topological polar surface area (TPSA) is 33.3 Å². The van der Waals surface area contributed by atoms with Crippen LogP contribution in [-0.4, -0.2) is 11.7 Å². The number of aliphatic hydroxyl groups excluding tert-OH is 1. The van der Waals surface area contributed by atoms with Gasteiger partial charge in [0.15, 0.2) is 12.4 Å². The van der Waals surface area contributed by atoms with Gasteiger partial charge in [-0.1, -0.05) is 0 Å². The highest BCUT2D eigenvalue weighted by Gasteiger charge is 2.00. The van der Waals surface area contributed by atoms with Crippen LogP contribution in [0.2, 0.25) is 0 Å². The molecule has 0 bridgehead atoms. The Kier molecular flexibility index (Phi) is 3.76. The summed E-state index contributed by atoms with van der Waals surface area (Å²) in [6, 6.07) is 3.77. The van der Waals surface area contributed by atoms with Crippen LogP contribution in [0.15, 0.2) is 34.9 Å². The number of aliphatic hydroxyl groups is 1. The number of pyridine rings is 1. The standard InChI is InChI=1S/C9H10BrNO2/c1-2-13-9(12)7-11-5-3-4-8(10)6-11/h3-7H,2H2,1H3/p+1/b9-7+. The zero-order chi connectivity index (χ0) is 9.68. The SMILES string of the molecule is CCO/C(O)=C/[n+]1cccc(Br)c1. The molecule has 0 radical (unpaired) electrons. The lowest BCUT2D eigenvalue weighted by Gasteiger charge is -1.96. The van der Waals surface area contributed by atoms with Gasteiger partial charge in [0.1, 0.15) is 0 Å². The third kappa shape index (κ3) is 3.46. The summed E-state index contributed by atoms with van der Waals surface area (Å²) in [5.41, 5.74) is 0. The summed E-state index contributed by atoms with van der Waals surface area (Å²) < 4.78 is 7.51. The molecule has 0 aliphatic heterocycles. The van der Waals surface area contributed by atoms with Gasteiger partial charge < -0.3 is 9.84 Å². The second kappa shape index (κ2) is 4.87. The molecule has 0 amide bonds. The minimum Gasteiger partial charge on any atom is -0.477 e. The smallest absolute Gasteiger partial charge is 0.344 e. The summed E-state index contributed by atoms with van der Waals surface area (Å²) in [6.45, 7) is 2.27. The lowest BCUT2D eigenvalue weighted by atomic mass is 10.5. The van der Waals surface area contributed by atoms with Crippen LogP contribution in [0.25, 0.3) is 6.20 Å². The molecule has 0 aromatic carbocycles.